The average Bonchev–Trinajstić information content (AvgIpc) is 3.01. The first-order valence-corrected chi connectivity index (χ1v) is 10.7. The molecule has 0 unspecified atom stereocenters. The lowest BCUT2D eigenvalue weighted by Gasteiger charge is -2.16. The SMILES string of the molecule is Cc1cccc(C(=C2c3ccc(C)cc3-c3cc(Cl)ccc32)c2cccc(C)c2)c1. The first kappa shape index (κ1) is 18.9. The van der Waals surface area contributed by atoms with Gasteiger partial charge in [0.2, 0.25) is 0 Å². The Labute approximate surface area is 183 Å². The minimum Gasteiger partial charge on any atom is -0.0843 e. The molecule has 0 saturated heterocycles. The lowest BCUT2D eigenvalue weighted by molar-refractivity contribution is 1.41. The van der Waals surface area contributed by atoms with E-state index < -0.39 is 0 Å². The van der Waals surface area contributed by atoms with Crippen LogP contribution < -0.4 is 0 Å². The molecule has 4 aromatic rings. The molecule has 0 aromatic heterocycles. The summed E-state index contributed by atoms with van der Waals surface area (Å²) in [6.07, 6.45) is 0. The van der Waals surface area contributed by atoms with Crippen LogP contribution in [-0.4, -0.2) is 0 Å². The summed E-state index contributed by atoms with van der Waals surface area (Å²) in [4.78, 5) is 0. The fourth-order valence-corrected chi connectivity index (χ4v) is 4.70. The van der Waals surface area contributed by atoms with Crippen LogP contribution in [-0.2, 0) is 0 Å². The van der Waals surface area contributed by atoms with Crippen LogP contribution in [0.2, 0.25) is 5.02 Å². The number of aryl methyl sites for hydroxylation is 3. The van der Waals surface area contributed by atoms with Gasteiger partial charge in [0, 0.05) is 5.02 Å². The van der Waals surface area contributed by atoms with Gasteiger partial charge in [-0.1, -0.05) is 101 Å². The van der Waals surface area contributed by atoms with Gasteiger partial charge in [-0.05, 0) is 77.4 Å². The van der Waals surface area contributed by atoms with Gasteiger partial charge in [-0.15, -0.1) is 0 Å². The van der Waals surface area contributed by atoms with Gasteiger partial charge in [-0.3, -0.25) is 0 Å². The van der Waals surface area contributed by atoms with E-state index in [1.807, 2.05) is 6.07 Å². The number of benzene rings is 4. The molecule has 1 aliphatic rings. The van der Waals surface area contributed by atoms with Crippen molar-refractivity contribution in [3.8, 4) is 11.1 Å². The lowest BCUT2D eigenvalue weighted by Crippen LogP contribution is -1.96. The highest BCUT2D eigenvalue weighted by molar-refractivity contribution is 6.31. The number of fused-ring (bicyclic) bond motifs is 3. The zero-order valence-corrected chi connectivity index (χ0v) is 18.2. The van der Waals surface area contributed by atoms with Crippen molar-refractivity contribution in [2.75, 3.05) is 0 Å². The van der Waals surface area contributed by atoms with Crippen molar-refractivity contribution in [2.45, 2.75) is 20.8 Å². The van der Waals surface area contributed by atoms with Gasteiger partial charge in [-0.2, -0.15) is 0 Å². The summed E-state index contributed by atoms with van der Waals surface area (Å²) in [7, 11) is 0. The maximum absolute atomic E-state index is 6.42. The van der Waals surface area contributed by atoms with Crippen LogP contribution in [0.5, 0.6) is 0 Å². The Balaban J connectivity index is 1.94. The molecule has 0 amide bonds. The molecule has 146 valence electrons. The van der Waals surface area contributed by atoms with E-state index in [9.17, 15) is 0 Å². The Morgan fingerprint density at radius 2 is 1.07 bits per heavy atom. The van der Waals surface area contributed by atoms with Crippen LogP contribution in [0, 0.1) is 20.8 Å². The van der Waals surface area contributed by atoms with Gasteiger partial charge in [-0.25, -0.2) is 0 Å². The smallest absolute Gasteiger partial charge is 0.0412 e. The van der Waals surface area contributed by atoms with E-state index in [1.165, 1.54) is 61.2 Å². The third-order valence-electron chi connectivity index (χ3n) is 5.85. The maximum Gasteiger partial charge on any atom is 0.0412 e. The van der Waals surface area contributed by atoms with Crippen molar-refractivity contribution in [2.24, 2.45) is 0 Å². The fourth-order valence-electron chi connectivity index (χ4n) is 4.53. The molecule has 1 heteroatoms. The molecule has 30 heavy (non-hydrogen) atoms. The predicted octanol–water partition coefficient (Wildman–Crippen LogP) is 8.25. The number of halogens is 1. The fraction of sp³-hybridized carbons (Fsp3) is 0.103. The van der Waals surface area contributed by atoms with E-state index >= 15 is 0 Å². The highest BCUT2D eigenvalue weighted by Crippen LogP contribution is 2.49. The van der Waals surface area contributed by atoms with Gasteiger partial charge in [0.15, 0.2) is 0 Å². The van der Waals surface area contributed by atoms with Crippen molar-refractivity contribution in [3.05, 3.63) is 129 Å². The third-order valence-corrected chi connectivity index (χ3v) is 6.08. The molecule has 0 spiro atoms. The first-order chi connectivity index (χ1) is 14.5. The topological polar surface area (TPSA) is 0 Å². The van der Waals surface area contributed by atoms with Crippen LogP contribution in [0.1, 0.15) is 38.9 Å². The molecule has 0 bridgehead atoms. The van der Waals surface area contributed by atoms with Crippen LogP contribution in [0.15, 0.2) is 84.9 Å². The Hall–Kier alpha value is -3.09. The van der Waals surface area contributed by atoms with Crippen LogP contribution in [0.4, 0.5) is 0 Å². The van der Waals surface area contributed by atoms with Gasteiger partial charge >= 0.3 is 0 Å². The van der Waals surface area contributed by atoms with Gasteiger partial charge in [0.25, 0.3) is 0 Å². The van der Waals surface area contributed by atoms with E-state index in [2.05, 4.69) is 99.6 Å². The van der Waals surface area contributed by atoms with Crippen LogP contribution in [0.25, 0.3) is 22.3 Å². The van der Waals surface area contributed by atoms with E-state index in [-0.39, 0.29) is 0 Å². The standard InChI is InChI=1S/C29H23Cl/c1-18-6-4-8-21(14-18)28(22-9-5-7-19(2)15-22)29-24-12-10-20(3)16-26(24)27-17-23(30)11-13-25(27)29/h4-17H,1-3H3. The largest absolute Gasteiger partial charge is 0.0843 e. The molecular weight excluding hydrogens is 384 g/mol. The van der Waals surface area contributed by atoms with Crippen LogP contribution >= 0.6 is 11.6 Å². The van der Waals surface area contributed by atoms with E-state index in [4.69, 9.17) is 11.6 Å². The highest BCUT2D eigenvalue weighted by Gasteiger charge is 2.27. The quantitative estimate of drug-likeness (QED) is 0.277. The van der Waals surface area contributed by atoms with Gasteiger partial charge in [0.05, 0.1) is 0 Å². The van der Waals surface area contributed by atoms with E-state index in [1.54, 1.807) is 0 Å². The Morgan fingerprint density at radius 3 is 1.67 bits per heavy atom. The second kappa shape index (κ2) is 7.31. The van der Waals surface area contributed by atoms with Crippen molar-refractivity contribution in [3.63, 3.8) is 0 Å². The van der Waals surface area contributed by atoms with Crippen LogP contribution in [0.3, 0.4) is 0 Å². The van der Waals surface area contributed by atoms with Crippen molar-refractivity contribution < 1.29 is 0 Å². The minimum atomic E-state index is 0.773. The van der Waals surface area contributed by atoms with E-state index in [0.717, 1.165) is 5.02 Å². The first-order valence-electron chi connectivity index (χ1n) is 10.3. The minimum absolute atomic E-state index is 0.773. The molecule has 0 saturated carbocycles. The molecule has 0 heterocycles. The second-order valence-corrected chi connectivity index (χ2v) is 8.66. The summed E-state index contributed by atoms with van der Waals surface area (Å²) in [5.41, 5.74) is 13.8. The van der Waals surface area contributed by atoms with Crippen molar-refractivity contribution in [1.29, 1.82) is 0 Å². The highest BCUT2D eigenvalue weighted by atomic mass is 35.5. The predicted molar refractivity (Wildman–Crippen MR) is 129 cm³/mol. The second-order valence-electron chi connectivity index (χ2n) is 8.23. The van der Waals surface area contributed by atoms with E-state index in [0.29, 0.717) is 0 Å². The summed E-state index contributed by atoms with van der Waals surface area (Å²) in [5, 5.41) is 0.773. The van der Waals surface area contributed by atoms with Crippen molar-refractivity contribution in [1.82, 2.24) is 0 Å². The molecular formula is C29H23Cl. The molecule has 0 atom stereocenters. The number of hydrogen-bond donors (Lipinski definition) is 0. The molecule has 0 N–H and O–H groups in total. The summed E-state index contributed by atoms with van der Waals surface area (Å²) in [6.45, 7) is 6.46. The molecule has 0 aliphatic heterocycles. The average molecular weight is 407 g/mol. The molecule has 0 fully saturated rings. The zero-order chi connectivity index (χ0) is 20.8. The maximum atomic E-state index is 6.42. The molecule has 0 nitrogen and oxygen atoms in total. The molecule has 1 aliphatic carbocycles. The summed E-state index contributed by atoms with van der Waals surface area (Å²) >= 11 is 6.42. The summed E-state index contributed by atoms with van der Waals surface area (Å²) in [5.74, 6) is 0. The molecule has 5 rings (SSSR count). The molecule has 0 radical (unpaired) electrons. The Bertz CT molecular complexity index is 1220. The van der Waals surface area contributed by atoms with Crippen molar-refractivity contribution >= 4 is 22.7 Å². The number of hydrogen-bond acceptors (Lipinski definition) is 0. The zero-order valence-electron chi connectivity index (χ0n) is 17.5. The normalized spacial score (nSPS) is 11.9. The van der Waals surface area contributed by atoms with Gasteiger partial charge in [0.1, 0.15) is 0 Å². The summed E-state index contributed by atoms with van der Waals surface area (Å²) < 4.78 is 0. The third kappa shape index (κ3) is 3.18. The monoisotopic (exact) mass is 406 g/mol. The molecule has 4 aromatic carbocycles. The Morgan fingerprint density at radius 1 is 0.533 bits per heavy atom. The summed E-state index contributed by atoms with van der Waals surface area (Å²) in [6, 6.07) is 30.6. The lowest BCUT2D eigenvalue weighted by atomic mass is 9.87. The van der Waals surface area contributed by atoms with Gasteiger partial charge < -0.3 is 0 Å². The Kier molecular flexibility index (Phi) is 4.60. The number of rotatable bonds is 2.